The van der Waals surface area contributed by atoms with Crippen LogP contribution in [0.25, 0.3) is 0 Å². The largest absolute Gasteiger partial charge is 0.329 e. The first-order valence-corrected chi connectivity index (χ1v) is 4.39. The molecule has 2 nitrogen and oxygen atoms in total. The van der Waals surface area contributed by atoms with Gasteiger partial charge in [-0.05, 0) is 24.7 Å². The Bertz CT molecular complexity index is 287. The topological polar surface area (TPSA) is 38.0 Å². The molecule has 13 heavy (non-hydrogen) atoms. The highest BCUT2D eigenvalue weighted by Crippen LogP contribution is 2.19. The lowest BCUT2D eigenvalue weighted by Crippen LogP contribution is -2.24. The maximum atomic E-state index is 13.0. The molecule has 3 N–H and O–H groups in total. The van der Waals surface area contributed by atoms with Gasteiger partial charge in [-0.1, -0.05) is 17.7 Å². The summed E-state index contributed by atoms with van der Waals surface area (Å²) in [7, 11) is 1.78. The fourth-order valence-electron chi connectivity index (χ4n) is 1.15. The number of nitrogens with two attached hydrogens (primary N) is 1. The van der Waals surface area contributed by atoms with E-state index in [0.717, 1.165) is 5.56 Å². The Balaban J connectivity index is 2.95. The van der Waals surface area contributed by atoms with Crippen molar-refractivity contribution in [2.45, 2.75) is 6.04 Å². The van der Waals surface area contributed by atoms with E-state index in [-0.39, 0.29) is 11.1 Å². The van der Waals surface area contributed by atoms with Crippen molar-refractivity contribution in [2.24, 2.45) is 5.73 Å². The van der Waals surface area contributed by atoms with Crippen molar-refractivity contribution in [3.63, 3.8) is 0 Å². The first kappa shape index (κ1) is 10.4. The van der Waals surface area contributed by atoms with Crippen LogP contribution in [-0.4, -0.2) is 13.6 Å². The van der Waals surface area contributed by atoms with E-state index in [9.17, 15) is 4.39 Å². The third-order valence-corrected chi connectivity index (χ3v) is 2.24. The number of likely N-dealkylation sites (N-methyl/N-ethyl adjacent to an activating group) is 1. The highest BCUT2D eigenvalue weighted by atomic mass is 35.5. The van der Waals surface area contributed by atoms with Crippen LogP contribution in [0, 0.1) is 5.82 Å². The molecule has 0 bridgehead atoms. The van der Waals surface area contributed by atoms with E-state index >= 15 is 0 Å². The Kier molecular flexibility index (Phi) is 3.66. The summed E-state index contributed by atoms with van der Waals surface area (Å²) in [4.78, 5) is 0. The average molecular weight is 203 g/mol. The van der Waals surface area contributed by atoms with Crippen LogP contribution in [0.2, 0.25) is 5.02 Å². The van der Waals surface area contributed by atoms with Gasteiger partial charge in [0, 0.05) is 12.6 Å². The Morgan fingerprint density at radius 2 is 2.31 bits per heavy atom. The van der Waals surface area contributed by atoms with Crippen LogP contribution in [-0.2, 0) is 0 Å². The molecule has 0 saturated carbocycles. The molecule has 1 aromatic carbocycles. The van der Waals surface area contributed by atoms with Gasteiger partial charge in [-0.25, -0.2) is 4.39 Å². The van der Waals surface area contributed by atoms with Crippen molar-refractivity contribution in [3.05, 3.63) is 34.6 Å². The molecule has 0 spiro atoms. The monoisotopic (exact) mass is 202 g/mol. The third-order valence-electron chi connectivity index (χ3n) is 1.93. The van der Waals surface area contributed by atoms with Gasteiger partial charge in [-0.2, -0.15) is 0 Å². The number of hydrogen-bond acceptors (Lipinski definition) is 2. The number of rotatable bonds is 3. The first-order valence-electron chi connectivity index (χ1n) is 4.01. The predicted octanol–water partition coefficient (Wildman–Crippen LogP) is 1.70. The maximum Gasteiger partial charge on any atom is 0.142 e. The van der Waals surface area contributed by atoms with Crippen LogP contribution in [0.3, 0.4) is 0 Å². The van der Waals surface area contributed by atoms with Crippen molar-refractivity contribution in [3.8, 4) is 0 Å². The molecule has 1 aromatic rings. The highest BCUT2D eigenvalue weighted by Gasteiger charge is 2.08. The van der Waals surface area contributed by atoms with Crippen molar-refractivity contribution in [1.29, 1.82) is 0 Å². The lowest BCUT2D eigenvalue weighted by molar-refractivity contribution is 0.587. The van der Waals surface area contributed by atoms with E-state index in [4.69, 9.17) is 17.3 Å². The summed E-state index contributed by atoms with van der Waals surface area (Å²) in [6.45, 7) is 0.428. The maximum absolute atomic E-state index is 13.0. The Hall–Kier alpha value is -0.640. The molecule has 1 atom stereocenters. The zero-order valence-electron chi connectivity index (χ0n) is 7.35. The molecular formula is C9H12ClFN2. The van der Waals surface area contributed by atoms with Gasteiger partial charge in [0.1, 0.15) is 5.82 Å². The van der Waals surface area contributed by atoms with E-state index in [1.807, 2.05) is 0 Å². The molecule has 0 amide bonds. The fourth-order valence-corrected chi connectivity index (χ4v) is 1.27. The summed E-state index contributed by atoms with van der Waals surface area (Å²) >= 11 is 5.55. The number of halogens is 2. The zero-order chi connectivity index (χ0) is 9.84. The van der Waals surface area contributed by atoms with Gasteiger partial charge in [-0.3, -0.25) is 0 Å². The minimum Gasteiger partial charge on any atom is -0.329 e. The van der Waals surface area contributed by atoms with Gasteiger partial charge >= 0.3 is 0 Å². The van der Waals surface area contributed by atoms with E-state index in [1.165, 1.54) is 12.1 Å². The lowest BCUT2D eigenvalue weighted by atomic mass is 10.1. The quantitative estimate of drug-likeness (QED) is 0.783. The standard InChI is InChI=1S/C9H12ClFN2/c1-13-9(5-12)6-2-3-7(10)8(11)4-6/h2-4,9,13H,5,12H2,1H3. The second-order valence-electron chi connectivity index (χ2n) is 2.75. The van der Waals surface area contributed by atoms with Crippen LogP contribution in [0.15, 0.2) is 18.2 Å². The number of hydrogen-bond donors (Lipinski definition) is 2. The molecule has 0 fully saturated rings. The molecule has 1 rings (SSSR count). The minimum absolute atomic E-state index is 0.0215. The van der Waals surface area contributed by atoms with E-state index < -0.39 is 5.82 Å². The van der Waals surface area contributed by atoms with Crippen LogP contribution in [0.5, 0.6) is 0 Å². The second-order valence-corrected chi connectivity index (χ2v) is 3.16. The molecule has 4 heteroatoms. The zero-order valence-corrected chi connectivity index (χ0v) is 8.11. The smallest absolute Gasteiger partial charge is 0.142 e. The van der Waals surface area contributed by atoms with Gasteiger partial charge in [-0.15, -0.1) is 0 Å². The molecule has 72 valence electrons. The molecular weight excluding hydrogens is 191 g/mol. The van der Waals surface area contributed by atoms with Gasteiger partial charge in [0.05, 0.1) is 5.02 Å². The highest BCUT2D eigenvalue weighted by molar-refractivity contribution is 6.30. The van der Waals surface area contributed by atoms with Gasteiger partial charge < -0.3 is 11.1 Å². The first-order chi connectivity index (χ1) is 6.19. The van der Waals surface area contributed by atoms with Gasteiger partial charge in [0.25, 0.3) is 0 Å². The summed E-state index contributed by atoms with van der Waals surface area (Å²) in [5, 5.41) is 3.11. The summed E-state index contributed by atoms with van der Waals surface area (Å²) in [6.07, 6.45) is 0. The second kappa shape index (κ2) is 4.56. The number of benzene rings is 1. The average Bonchev–Trinajstić information content (AvgIpc) is 2.13. The summed E-state index contributed by atoms with van der Waals surface area (Å²) < 4.78 is 13.0. The summed E-state index contributed by atoms with van der Waals surface area (Å²) in [6, 6.07) is 4.67. The van der Waals surface area contributed by atoms with E-state index in [1.54, 1.807) is 13.1 Å². The van der Waals surface area contributed by atoms with Crippen LogP contribution in [0.1, 0.15) is 11.6 Å². The Morgan fingerprint density at radius 1 is 1.62 bits per heavy atom. The summed E-state index contributed by atoms with van der Waals surface area (Å²) in [5.41, 5.74) is 6.30. The molecule has 0 aliphatic carbocycles. The van der Waals surface area contributed by atoms with Gasteiger partial charge in [0.15, 0.2) is 0 Å². The van der Waals surface area contributed by atoms with Crippen molar-refractivity contribution >= 4 is 11.6 Å². The molecule has 0 heterocycles. The van der Waals surface area contributed by atoms with Crippen LogP contribution < -0.4 is 11.1 Å². The van der Waals surface area contributed by atoms with E-state index in [0.29, 0.717) is 6.54 Å². The van der Waals surface area contributed by atoms with E-state index in [2.05, 4.69) is 5.32 Å². The van der Waals surface area contributed by atoms with Crippen molar-refractivity contribution < 1.29 is 4.39 Å². The normalized spacial score (nSPS) is 12.9. The van der Waals surface area contributed by atoms with Crippen molar-refractivity contribution in [1.82, 2.24) is 5.32 Å². The fraction of sp³-hybridized carbons (Fsp3) is 0.333. The van der Waals surface area contributed by atoms with Crippen molar-refractivity contribution in [2.75, 3.05) is 13.6 Å². The van der Waals surface area contributed by atoms with Crippen LogP contribution in [0.4, 0.5) is 4.39 Å². The van der Waals surface area contributed by atoms with Crippen LogP contribution >= 0.6 is 11.6 Å². The lowest BCUT2D eigenvalue weighted by Gasteiger charge is -2.13. The molecule has 0 aliphatic heterocycles. The Labute approximate surface area is 81.9 Å². The molecule has 0 aliphatic rings. The summed E-state index contributed by atoms with van der Waals surface area (Å²) in [5.74, 6) is -0.409. The minimum atomic E-state index is -0.409. The molecule has 0 aromatic heterocycles. The van der Waals surface area contributed by atoms with Gasteiger partial charge in [0.2, 0.25) is 0 Å². The predicted molar refractivity (Wildman–Crippen MR) is 52.3 cm³/mol. The molecule has 0 radical (unpaired) electrons. The Morgan fingerprint density at radius 3 is 2.77 bits per heavy atom. The molecule has 0 saturated heterocycles. The molecule has 1 unspecified atom stereocenters. The SMILES string of the molecule is CNC(CN)c1ccc(Cl)c(F)c1. The number of nitrogens with one attached hydrogen (secondary N) is 1. The third kappa shape index (κ3) is 2.40.